The van der Waals surface area contributed by atoms with Gasteiger partial charge in [0.25, 0.3) is 5.91 Å². The molecule has 2 aromatic rings. The minimum Gasteiger partial charge on any atom is -0.386 e. The molecule has 25 heavy (non-hydrogen) atoms. The molecule has 0 bridgehead atoms. The van der Waals surface area contributed by atoms with E-state index in [-0.39, 0.29) is 12.0 Å². The van der Waals surface area contributed by atoms with Crippen LogP contribution in [0.4, 0.5) is 0 Å². The van der Waals surface area contributed by atoms with Crippen LogP contribution >= 0.6 is 0 Å². The number of hydrogen-bond donors (Lipinski definition) is 1. The van der Waals surface area contributed by atoms with Crippen molar-refractivity contribution in [1.82, 2.24) is 25.2 Å². The number of hydrogen-bond acceptors (Lipinski definition) is 7. The van der Waals surface area contributed by atoms with E-state index in [1.165, 1.54) is 12.5 Å². The van der Waals surface area contributed by atoms with E-state index in [0.717, 1.165) is 11.3 Å². The molecular formula is C16H21N7O2. The van der Waals surface area contributed by atoms with Gasteiger partial charge in [-0.05, 0) is 17.7 Å². The monoisotopic (exact) mass is 343 g/mol. The lowest BCUT2D eigenvalue weighted by Crippen LogP contribution is -2.27. The Morgan fingerprint density at radius 3 is 2.72 bits per heavy atom. The number of nitrogens with zero attached hydrogens (tertiary/aromatic N) is 6. The molecule has 0 aliphatic carbocycles. The summed E-state index contributed by atoms with van der Waals surface area (Å²) in [7, 11) is 0. The van der Waals surface area contributed by atoms with E-state index in [4.69, 9.17) is 4.84 Å². The van der Waals surface area contributed by atoms with Crippen molar-refractivity contribution in [3.63, 3.8) is 0 Å². The SMILES string of the molecule is CC(C)(C)/C(Cn1cncn1)=N/OCC(=O)N/N=C/c1ccncc1. The van der Waals surface area contributed by atoms with Gasteiger partial charge in [0.15, 0.2) is 6.61 Å². The lowest BCUT2D eigenvalue weighted by molar-refractivity contribution is -0.125. The molecule has 2 aromatic heterocycles. The van der Waals surface area contributed by atoms with Gasteiger partial charge in [-0.25, -0.2) is 15.1 Å². The summed E-state index contributed by atoms with van der Waals surface area (Å²) < 4.78 is 1.65. The molecule has 1 N–H and O–H groups in total. The quantitative estimate of drug-likeness (QED) is 0.601. The lowest BCUT2D eigenvalue weighted by Gasteiger charge is -2.20. The van der Waals surface area contributed by atoms with E-state index in [2.05, 4.69) is 30.7 Å². The first-order valence-corrected chi connectivity index (χ1v) is 7.69. The Morgan fingerprint density at radius 2 is 2.08 bits per heavy atom. The van der Waals surface area contributed by atoms with Crippen LogP contribution in [0.25, 0.3) is 0 Å². The van der Waals surface area contributed by atoms with Gasteiger partial charge in [-0.15, -0.1) is 0 Å². The Bertz CT molecular complexity index is 719. The highest BCUT2D eigenvalue weighted by molar-refractivity contribution is 5.88. The maximum absolute atomic E-state index is 11.7. The molecule has 0 aliphatic heterocycles. The highest BCUT2D eigenvalue weighted by Gasteiger charge is 2.21. The summed E-state index contributed by atoms with van der Waals surface area (Å²) in [6.45, 7) is 6.22. The fourth-order valence-electron chi connectivity index (χ4n) is 1.70. The van der Waals surface area contributed by atoms with Crippen LogP contribution in [0.5, 0.6) is 0 Å². The highest BCUT2D eigenvalue weighted by atomic mass is 16.6. The van der Waals surface area contributed by atoms with Crippen molar-refractivity contribution in [3.05, 3.63) is 42.7 Å². The summed E-state index contributed by atoms with van der Waals surface area (Å²) in [6, 6.07) is 3.55. The average Bonchev–Trinajstić information content (AvgIpc) is 3.07. The predicted molar refractivity (Wildman–Crippen MR) is 92.8 cm³/mol. The Kier molecular flexibility index (Phi) is 6.33. The number of nitrogens with one attached hydrogen (secondary N) is 1. The number of aromatic nitrogens is 4. The number of rotatable bonds is 7. The Morgan fingerprint density at radius 1 is 1.32 bits per heavy atom. The van der Waals surface area contributed by atoms with Crippen molar-refractivity contribution < 1.29 is 9.63 Å². The maximum Gasteiger partial charge on any atom is 0.280 e. The first kappa shape index (κ1) is 18.2. The van der Waals surface area contributed by atoms with Crippen molar-refractivity contribution in [2.24, 2.45) is 15.7 Å². The number of carbonyl (C=O) groups is 1. The third-order valence-electron chi connectivity index (χ3n) is 3.12. The molecule has 0 saturated heterocycles. The molecule has 0 unspecified atom stereocenters. The van der Waals surface area contributed by atoms with Crippen molar-refractivity contribution in [2.45, 2.75) is 27.3 Å². The third-order valence-corrected chi connectivity index (χ3v) is 3.12. The largest absolute Gasteiger partial charge is 0.386 e. The maximum atomic E-state index is 11.7. The second kappa shape index (κ2) is 8.67. The molecule has 0 spiro atoms. The van der Waals surface area contributed by atoms with Crippen LogP contribution in [0.15, 0.2) is 47.4 Å². The van der Waals surface area contributed by atoms with Crippen molar-refractivity contribution in [3.8, 4) is 0 Å². The molecule has 9 nitrogen and oxygen atoms in total. The molecular weight excluding hydrogens is 322 g/mol. The number of pyridine rings is 1. The molecule has 0 fully saturated rings. The molecule has 0 saturated carbocycles. The van der Waals surface area contributed by atoms with Crippen LogP contribution in [-0.2, 0) is 16.2 Å². The van der Waals surface area contributed by atoms with Crippen LogP contribution < -0.4 is 5.43 Å². The molecule has 0 atom stereocenters. The molecule has 2 heterocycles. The van der Waals surface area contributed by atoms with Crippen molar-refractivity contribution in [1.29, 1.82) is 0 Å². The zero-order valence-electron chi connectivity index (χ0n) is 14.5. The lowest BCUT2D eigenvalue weighted by atomic mass is 9.90. The van der Waals surface area contributed by atoms with Crippen LogP contribution in [0, 0.1) is 5.41 Å². The smallest absolute Gasteiger partial charge is 0.280 e. The van der Waals surface area contributed by atoms with Crippen molar-refractivity contribution in [2.75, 3.05) is 6.61 Å². The average molecular weight is 343 g/mol. The fraction of sp³-hybridized carbons (Fsp3) is 0.375. The van der Waals surface area contributed by atoms with Gasteiger partial charge in [0.2, 0.25) is 0 Å². The first-order valence-electron chi connectivity index (χ1n) is 7.69. The number of hydrazone groups is 1. The van der Waals surface area contributed by atoms with Gasteiger partial charge in [0, 0.05) is 17.8 Å². The molecule has 132 valence electrons. The molecule has 0 aliphatic rings. The second-order valence-electron chi connectivity index (χ2n) is 6.23. The molecule has 0 aromatic carbocycles. The number of carbonyl (C=O) groups excluding carboxylic acids is 1. The number of oxime groups is 1. The van der Waals surface area contributed by atoms with E-state index >= 15 is 0 Å². The van der Waals surface area contributed by atoms with Gasteiger partial charge in [0.05, 0.1) is 18.5 Å². The predicted octanol–water partition coefficient (Wildman–Crippen LogP) is 1.24. The standard InChI is InChI=1S/C16H21N7O2/c1-16(2,3)14(9-23-12-18-11-20-23)22-25-10-15(24)21-19-8-13-4-6-17-7-5-13/h4-8,11-12H,9-10H2,1-3H3,(H,21,24)/b19-8+,22-14+. The van der Waals surface area contributed by atoms with E-state index < -0.39 is 5.91 Å². The van der Waals surface area contributed by atoms with Gasteiger partial charge >= 0.3 is 0 Å². The van der Waals surface area contributed by atoms with Crippen LogP contribution in [0.3, 0.4) is 0 Å². The molecule has 1 amide bonds. The van der Waals surface area contributed by atoms with Gasteiger partial charge in [-0.3, -0.25) is 9.78 Å². The first-order chi connectivity index (χ1) is 11.9. The molecule has 0 radical (unpaired) electrons. The Hall–Kier alpha value is -3.10. The summed E-state index contributed by atoms with van der Waals surface area (Å²) in [5.41, 5.74) is 3.72. The Labute approximate surface area is 145 Å². The normalized spacial score (nSPS) is 12.4. The minimum absolute atomic E-state index is 0.232. The number of amides is 1. The van der Waals surface area contributed by atoms with Gasteiger partial charge in [-0.2, -0.15) is 10.2 Å². The zero-order valence-corrected chi connectivity index (χ0v) is 14.5. The summed E-state index contributed by atoms with van der Waals surface area (Å²) in [4.78, 5) is 24.7. The molecule has 2 rings (SSSR count). The second-order valence-corrected chi connectivity index (χ2v) is 6.23. The van der Waals surface area contributed by atoms with E-state index in [1.807, 2.05) is 20.8 Å². The van der Waals surface area contributed by atoms with E-state index in [0.29, 0.717) is 6.54 Å². The minimum atomic E-state index is -0.400. The van der Waals surface area contributed by atoms with Gasteiger partial charge in [-0.1, -0.05) is 25.9 Å². The highest BCUT2D eigenvalue weighted by Crippen LogP contribution is 2.17. The summed E-state index contributed by atoms with van der Waals surface area (Å²) in [5, 5.41) is 12.0. The van der Waals surface area contributed by atoms with Crippen LogP contribution in [-0.4, -0.2) is 44.2 Å². The fourth-order valence-corrected chi connectivity index (χ4v) is 1.70. The van der Waals surface area contributed by atoms with Crippen LogP contribution in [0.1, 0.15) is 26.3 Å². The zero-order chi connectivity index (χ0) is 18.1. The molecule has 9 heteroatoms. The Balaban J connectivity index is 1.84. The van der Waals surface area contributed by atoms with Crippen molar-refractivity contribution >= 4 is 17.8 Å². The van der Waals surface area contributed by atoms with E-state index in [9.17, 15) is 4.79 Å². The topological polar surface area (TPSA) is 107 Å². The summed E-state index contributed by atoms with van der Waals surface area (Å²) in [6.07, 6.45) is 7.86. The summed E-state index contributed by atoms with van der Waals surface area (Å²) in [5.74, 6) is -0.400. The third kappa shape index (κ3) is 6.50. The summed E-state index contributed by atoms with van der Waals surface area (Å²) >= 11 is 0. The van der Waals surface area contributed by atoms with Gasteiger partial charge < -0.3 is 4.84 Å². The van der Waals surface area contributed by atoms with E-state index in [1.54, 1.807) is 35.5 Å². The van der Waals surface area contributed by atoms with Gasteiger partial charge in [0.1, 0.15) is 12.7 Å². The van der Waals surface area contributed by atoms with Crippen LogP contribution in [0.2, 0.25) is 0 Å².